The summed E-state index contributed by atoms with van der Waals surface area (Å²) in [6, 6.07) is 14.2. The number of benzene rings is 2. The summed E-state index contributed by atoms with van der Waals surface area (Å²) in [6.45, 7) is 4.17. The minimum atomic E-state index is -3.64. The van der Waals surface area contributed by atoms with E-state index < -0.39 is 27.0 Å². The van der Waals surface area contributed by atoms with E-state index in [4.69, 9.17) is 4.74 Å². The van der Waals surface area contributed by atoms with Crippen molar-refractivity contribution in [2.75, 3.05) is 7.11 Å². The Morgan fingerprint density at radius 2 is 1.83 bits per heavy atom. The Morgan fingerprint density at radius 1 is 1.13 bits per heavy atom. The maximum Gasteiger partial charge on any atom is 0.307 e. The second-order valence-corrected chi connectivity index (χ2v) is 11.4. The molecule has 5 nitrogen and oxygen atoms in total. The van der Waals surface area contributed by atoms with Crippen LogP contribution in [0.5, 0.6) is 5.75 Å². The van der Waals surface area contributed by atoms with E-state index in [-0.39, 0.29) is 17.3 Å². The molecule has 0 amide bonds. The number of sulfone groups is 1. The number of hydrogen-bond acceptors (Lipinski definition) is 4. The maximum atomic E-state index is 13.8. The van der Waals surface area contributed by atoms with Crippen LogP contribution in [-0.2, 0) is 21.1 Å². The molecule has 1 N–H and O–H groups in total. The summed E-state index contributed by atoms with van der Waals surface area (Å²) >= 11 is 0. The lowest BCUT2D eigenvalue weighted by atomic mass is 9.54. The number of rotatable bonds is 4. The second-order valence-electron chi connectivity index (χ2n) is 9.19. The molecule has 160 valence electrons. The average molecular weight is 429 g/mol. The molecule has 0 bridgehead atoms. The predicted molar refractivity (Wildman–Crippen MR) is 114 cm³/mol. The van der Waals surface area contributed by atoms with Crippen molar-refractivity contribution in [3.8, 4) is 5.75 Å². The van der Waals surface area contributed by atoms with Gasteiger partial charge in [0.15, 0.2) is 9.84 Å². The fourth-order valence-corrected chi connectivity index (χ4v) is 7.87. The molecule has 2 aromatic carbocycles. The Hall–Kier alpha value is -2.34. The predicted octanol–water partition coefficient (Wildman–Crippen LogP) is 4.31. The third-order valence-corrected chi connectivity index (χ3v) is 9.33. The monoisotopic (exact) mass is 428 g/mol. The van der Waals surface area contributed by atoms with Gasteiger partial charge in [0.25, 0.3) is 0 Å². The fourth-order valence-electron chi connectivity index (χ4n) is 5.66. The summed E-state index contributed by atoms with van der Waals surface area (Å²) in [5.41, 5.74) is 1.54. The lowest BCUT2D eigenvalue weighted by molar-refractivity contribution is -0.146. The van der Waals surface area contributed by atoms with Crippen molar-refractivity contribution in [2.24, 2.45) is 17.3 Å². The van der Waals surface area contributed by atoms with Crippen LogP contribution in [0.1, 0.15) is 43.7 Å². The Morgan fingerprint density at radius 3 is 2.47 bits per heavy atom. The van der Waals surface area contributed by atoms with Crippen molar-refractivity contribution in [3.63, 3.8) is 0 Å². The highest BCUT2D eigenvalue weighted by Gasteiger charge is 2.56. The van der Waals surface area contributed by atoms with E-state index in [0.29, 0.717) is 29.9 Å². The quantitative estimate of drug-likeness (QED) is 0.785. The molecule has 0 spiro atoms. The Balaban J connectivity index is 1.94. The first-order chi connectivity index (χ1) is 14.2. The molecule has 1 saturated carbocycles. The van der Waals surface area contributed by atoms with Crippen molar-refractivity contribution >= 4 is 15.8 Å². The lowest BCUT2D eigenvalue weighted by Gasteiger charge is -2.53. The van der Waals surface area contributed by atoms with Gasteiger partial charge in [-0.15, -0.1) is 0 Å². The summed E-state index contributed by atoms with van der Waals surface area (Å²) in [4.78, 5) is 12.5. The molecule has 2 aromatic rings. The first-order valence-electron chi connectivity index (χ1n) is 10.4. The zero-order chi connectivity index (χ0) is 21.7. The second kappa shape index (κ2) is 7.41. The average Bonchev–Trinajstić information content (AvgIpc) is 2.73. The van der Waals surface area contributed by atoms with Crippen LogP contribution in [0.3, 0.4) is 0 Å². The summed E-state index contributed by atoms with van der Waals surface area (Å²) in [6.07, 6.45) is 1.61. The summed E-state index contributed by atoms with van der Waals surface area (Å²) in [5.74, 6) is -1.45. The number of carboxylic acid groups (broad SMARTS) is 1. The zero-order valence-corrected chi connectivity index (χ0v) is 18.4. The van der Waals surface area contributed by atoms with Gasteiger partial charge in [-0.1, -0.05) is 38.1 Å². The Labute approximate surface area is 178 Å². The molecular formula is C24H28O5S. The van der Waals surface area contributed by atoms with Gasteiger partial charge in [-0.25, -0.2) is 8.42 Å². The molecular weight excluding hydrogens is 400 g/mol. The molecule has 0 aromatic heterocycles. The molecule has 0 saturated heterocycles. The van der Waals surface area contributed by atoms with E-state index >= 15 is 0 Å². The number of aliphatic carboxylic acids is 1. The molecule has 2 aliphatic rings. The van der Waals surface area contributed by atoms with E-state index in [1.165, 1.54) is 0 Å². The topological polar surface area (TPSA) is 80.7 Å². The van der Waals surface area contributed by atoms with Crippen LogP contribution in [0.25, 0.3) is 0 Å². The number of ether oxygens (including phenoxy) is 1. The van der Waals surface area contributed by atoms with Gasteiger partial charge < -0.3 is 9.84 Å². The largest absolute Gasteiger partial charge is 0.497 e. The van der Waals surface area contributed by atoms with E-state index in [2.05, 4.69) is 13.8 Å². The molecule has 1 fully saturated rings. The molecule has 4 rings (SSSR count). The van der Waals surface area contributed by atoms with Crippen molar-refractivity contribution in [2.45, 2.75) is 49.2 Å². The molecule has 4 atom stereocenters. The molecule has 2 unspecified atom stereocenters. The molecule has 0 heterocycles. The molecule has 30 heavy (non-hydrogen) atoms. The standard InChI is InChI=1S/C24H28O5S/c1-24(2)12-11-18(23(25)26)21-19-14-16(29-3)10-9-15(19)13-20(22(21)24)30(27,28)17-7-5-4-6-8-17/h4-10,14,18,20-22H,11-13H2,1-3H3,(H,25,26)/t18-,20?,21?,22+/m0/s1. The number of methoxy groups -OCH3 is 1. The van der Waals surface area contributed by atoms with Crippen molar-refractivity contribution < 1.29 is 23.1 Å². The first kappa shape index (κ1) is 20.9. The Bertz CT molecular complexity index is 1060. The van der Waals surface area contributed by atoms with E-state index in [1.54, 1.807) is 37.4 Å². The van der Waals surface area contributed by atoms with Gasteiger partial charge in [0.2, 0.25) is 0 Å². The van der Waals surface area contributed by atoms with Crippen LogP contribution in [0.4, 0.5) is 0 Å². The molecule has 0 aliphatic heterocycles. The molecule has 2 aliphatic carbocycles. The van der Waals surface area contributed by atoms with Gasteiger partial charge in [0.1, 0.15) is 5.75 Å². The third-order valence-electron chi connectivity index (χ3n) is 7.14. The van der Waals surface area contributed by atoms with Gasteiger partial charge in [-0.3, -0.25) is 4.79 Å². The fraction of sp³-hybridized carbons (Fsp3) is 0.458. The normalized spacial score (nSPS) is 27.6. The van der Waals surface area contributed by atoms with E-state index in [9.17, 15) is 18.3 Å². The maximum absolute atomic E-state index is 13.8. The van der Waals surface area contributed by atoms with Crippen LogP contribution in [0.15, 0.2) is 53.4 Å². The first-order valence-corrected chi connectivity index (χ1v) is 11.9. The summed E-state index contributed by atoms with van der Waals surface area (Å²) in [7, 11) is -2.05. The van der Waals surface area contributed by atoms with Gasteiger partial charge in [0.05, 0.1) is 23.2 Å². The number of carbonyl (C=O) groups is 1. The van der Waals surface area contributed by atoms with E-state index in [1.807, 2.05) is 18.2 Å². The number of fused-ring (bicyclic) bond motifs is 3. The summed E-state index contributed by atoms with van der Waals surface area (Å²) in [5, 5.41) is 9.36. The van der Waals surface area contributed by atoms with Crippen molar-refractivity contribution in [1.29, 1.82) is 0 Å². The van der Waals surface area contributed by atoms with Crippen LogP contribution in [0, 0.1) is 17.3 Å². The lowest BCUT2D eigenvalue weighted by Crippen LogP contribution is -2.52. The number of carboxylic acids is 1. The van der Waals surface area contributed by atoms with Gasteiger partial charge in [0, 0.05) is 5.92 Å². The minimum Gasteiger partial charge on any atom is -0.497 e. The van der Waals surface area contributed by atoms with Gasteiger partial charge >= 0.3 is 5.97 Å². The van der Waals surface area contributed by atoms with Gasteiger partial charge in [-0.2, -0.15) is 0 Å². The highest BCUT2D eigenvalue weighted by Crippen LogP contribution is 2.58. The van der Waals surface area contributed by atoms with Crippen LogP contribution >= 0.6 is 0 Å². The smallest absolute Gasteiger partial charge is 0.307 e. The van der Waals surface area contributed by atoms with Crippen molar-refractivity contribution in [3.05, 3.63) is 59.7 Å². The molecule has 6 heteroatoms. The van der Waals surface area contributed by atoms with E-state index in [0.717, 1.165) is 11.1 Å². The Kier molecular flexibility index (Phi) is 5.17. The summed E-state index contributed by atoms with van der Waals surface area (Å²) < 4.78 is 32.9. The van der Waals surface area contributed by atoms with Crippen LogP contribution in [-0.4, -0.2) is 31.9 Å². The third kappa shape index (κ3) is 3.31. The van der Waals surface area contributed by atoms with Gasteiger partial charge in [-0.05, 0) is 66.0 Å². The minimum absolute atomic E-state index is 0.294. The highest BCUT2D eigenvalue weighted by atomic mass is 32.2. The number of hydrogen-bond donors (Lipinski definition) is 1. The highest BCUT2D eigenvalue weighted by molar-refractivity contribution is 7.92. The van der Waals surface area contributed by atoms with Crippen molar-refractivity contribution in [1.82, 2.24) is 0 Å². The SMILES string of the molecule is COc1ccc2c(c1)C1[C@@H](C(S(=O)(=O)c3ccccc3)C2)C(C)(C)CC[C@@H]1C(=O)O. The zero-order valence-electron chi connectivity index (χ0n) is 17.5. The molecule has 0 radical (unpaired) electrons. The van der Waals surface area contributed by atoms with Crippen LogP contribution < -0.4 is 4.74 Å². The van der Waals surface area contributed by atoms with Crippen LogP contribution in [0.2, 0.25) is 0 Å².